The van der Waals surface area contributed by atoms with Crippen molar-refractivity contribution in [3.8, 4) is 11.5 Å². The molecule has 0 saturated heterocycles. The molecule has 4 nitrogen and oxygen atoms in total. The highest BCUT2D eigenvalue weighted by molar-refractivity contribution is 6.14. The van der Waals surface area contributed by atoms with Gasteiger partial charge in [0.05, 0.1) is 26.5 Å². The number of furan rings is 1. The second-order valence-corrected chi connectivity index (χ2v) is 6.66. The molecule has 1 fully saturated rings. The quantitative estimate of drug-likeness (QED) is 0.835. The summed E-state index contributed by atoms with van der Waals surface area (Å²) in [6.07, 6.45) is 6.57. The van der Waals surface area contributed by atoms with Crippen LogP contribution in [0.4, 0.5) is 0 Å². The van der Waals surface area contributed by atoms with Gasteiger partial charge in [-0.15, -0.1) is 0 Å². The predicted molar refractivity (Wildman–Crippen MR) is 93.6 cm³/mol. The maximum absolute atomic E-state index is 5.77. The van der Waals surface area contributed by atoms with Crippen molar-refractivity contribution >= 4 is 5.71 Å². The van der Waals surface area contributed by atoms with E-state index in [4.69, 9.17) is 18.9 Å². The van der Waals surface area contributed by atoms with Crippen molar-refractivity contribution in [2.24, 2.45) is 4.99 Å². The Kier molecular flexibility index (Phi) is 3.83. The molecule has 0 amide bonds. The molecular weight excluding hydrogens is 302 g/mol. The summed E-state index contributed by atoms with van der Waals surface area (Å²) >= 11 is 0. The standard InChI is InChI=1S/C20H23NO3/c1-12-8-9-24-20(12)19-15-11-18(23-3)17(22-2)10-14(15)13-6-4-5-7-16(13)21-19/h8-11,13,16H,4-7H2,1-3H3. The summed E-state index contributed by atoms with van der Waals surface area (Å²) in [4.78, 5) is 5.11. The van der Waals surface area contributed by atoms with Crippen molar-refractivity contribution in [1.82, 2.24) is 0 Å². The molecule has 2 aromatic rings. The average Bonchev–Trinajstić information content (AvgIpc) is 3.05. The summed E-state index contributed by atoms with van der Waals surface area (Å²) in [7, 11) is 3.36. The van der Waals surface area contributed by atoms with Gasteiger partial charge >= 0.3 is 0 Å². The Morgan fingerprint density at radius 3 is 2.54 bits per heavy atom. The van der Waals surface area contributed by atoms with E-state index in [-0.39, 0.29) is 0 Å². The highest BCUT2D eigenvalue weighted by Gasteiger charge is 2.35. The molecular formula is C20H23NO3. The summed E-state index contributed by atoms with van der Waals surface area (Å²) in [5.41, 5.74) is 4.51. The van der Waals surface area contributed by atoms with Gasteiger partial charge in [0.1, 0.15) is 5.71 Å². The Morgan fingerprint density at radius 2 is 1.83 bits per heavy atom. The van der Waals surface area contributed by atoms with Gasteiger partial charge in [-0.3, -0.25) is 4.99 Å². The Balaban J connectivity index is 1.93. The highest BCUT2D eigenvalue weighted by Crippen LogP contribution is 2.44. The molecule has 4 heteroatoms. The zero-order valence-electron chi connectivity index (χ0n) is 14.5. The van der Waals surface area contributed by atoms with Crippen molar-refractivity contribution in [2.75, 3.05) is 14.2 Å². The second-order valence-electron chi connectivity index (χ2n) is 6.66. The molecule has 24 heavy (non-hydrogen) atoms. The fraction of sp³-hybridized carbons (Fsp3) is 0.450. The fourth-order valence-electron chi connectivity index (χ4n) is 4.07. The molecule has 2 aliphatic rings. The topological polar surface area (TPSA) is 44.0 Å². The van der Waals surface area contributed by atoms with Gasteiger partial charge in [-0.05, 0) is 49.1 Å². The molecule has 4 rings (SSSR count). The lowest BCUT2D eigenvalue weighted by atomic mass is 9.75. The third-order valence-electron chi connectivity index (χ3n) is 5.31. The number of fused-ring (bicyclic) bond motifs is 3. The summed E-state index contributed by atoms with van der Waals surface area (Å²) in [5.74, 6) is 2.86. The maximum atomic E-state index is 5.77. The number of aliphatic imine (C=N–C) groups is 1. The molecule has 1 saturated carbocycles. The number of rotatable bonds is 3. The maximum Gasteiger partial charge on any atom is 0.161 e. The first-order valence-corrected chi connectivity index (χ1v) is 8.61. The van der Waals surface area contributed by atoms with Crippen LogP contribution in [0.3, 0.4) is 0 Å². The molecule has 1 aliphatic carbocycles. The molecule has 0 radical (unpaired) electrons. The first kappa shape index (κ1) is 15.3. The van der Waals surface area contributed by atoms with Crippen LogP contribution in [0.1, 0.15) is 54.1 Å². The first-order chi connectivity index (χ1) is 11.7. The molecule has 0 N–H and O–H groups in total. The number of hydrogen-bond donors (Lipinski definition) is 0. The third kappa shape index (κ3) is 2.32. The van der Waals surface area contributed by atoms with E-state index in [0.717, 1.165) is 40.5 Å². The van der Waals surface area contributed by atoms with Gasteiger partial charge < -0.3 is 13.9 Å². The Hall–Kier alpha value is -2.23. The van der Waals surface area contributed by atoms with E-state index in [1.54, 1.807) is 20.5 Å². The van der Waals surface area contributed by atoms with E-state index in [9.17, 15) is 0 Å². The van der Waals surface area contributed by atoms with Crippen LogP contribution in [0.5, 0.6) is 11.5 Å². The third-order valence-corrected chi connectivity index (χ3v) is 5.31. The number of methoxy groups -OCH3 is 2. The minimum Gasteiger partial charge on any atom is -0.493 e. The van der Waals surface area contributed by atoms with Crippen LogP contribution in [0, 0.1) is 6.92 Å². The van der Waals surface area contributed by atoms with Crippen LogP contribution in [0.2, 0.25) is 0 Å². The summed E-state index contributed by atoms with van der Waals surface area (Å²) in [6, 6.07) is 6.53. The van der Waals surface area contributed by atoms with Crippen LogP contribution in [0.25, 0.3) is 0 Å². The Labute approximate surface area is 142 Å². The molecule has 1 aromatic heterocycles. The van der Waals surface area contributed by atoms with E-state index in [2.05, 4.69) is 19.1 Å². The van der Waals surface area contributed by atoms with E-state index < -0.39 is 0 Å². The predicted octanol–water partition coefficient (Wildman–Crippen LogP) is 4.48. The highest BCUT2D eigenvalue weighted by atomic mass is 16.5. The van der Waals surface area contributed by atoms with Gasteiger partial charge in [0.2, 0.25) is 0 Å². The molecule has 2 unspecified atom stereocenters. The van der Waals surface area contributed by atoms with Crippen LogP contribution in [-0.2, 0) is 0 Å². The van der Waals surface area contributed by atoms with E-state index in [1.807, 2.05) is 6.07 Å². The van der Waals surface area contributed by atoms with E-state index >= 15 is 0 Å². The summed E-state index contributed by atoms with van der Waals surface area (Å²) in [6.45, 7) is 2.06. The van der Waals surface area contributed by atoms with Crippen LogP contribution < -0.4 is 9.47 Å². The zero-order valence-corrected chi connectivity index (χ0v) is 14.5. The van der Waals surface area contributed by atoms with Crippen LogP contribution in [-0.4, -0.2) is 26.0 Å². The molecule has 1 aliphatic heterocycles. The van der Waals surface area contributed by atoms with Gasteiger partial charge in [-0.2, -0.15) is 0 Å². The van der Waals surface area contributed by atoms with Crippen LogP contribution in [0.15, 0.2) is 33.9 Å². The van der Waals surface area contributed by atoms with Gasteiger partial charge in [0, 0.05) is 11.5 Å². The minimum absolute atomic E-state index is 0.337. The smallest absolute Gasteiger partial charge is 0.161 e. The van der Waals surface area contributed by atoms with Gasteiger partial charge in [0.25, 0.3) is 0 Å². The Bertz CT molecular complexity index is 790. The molecule has 0 spiro atoms. The van der Waals surface area contributed by atoms with Crippen molar-refractivity contribution in [2.45, 2.75) is 44.6 Å². The summed E-state index contributed by atoms with van der Waals surface area (Å²) in [5, 5.41) is 0. The molecule has 1 aromatic carbocycles. The molecule has 2 atom stereocenters. The fourth-order valence-corrected chi connectivity index (χ4v) is 4.07. The molecule has 0 bridgehead atoms. The number of ether oxygens (including phenoxy) is 2. The average molecular weight is 325 g/mol. The van der Waals surface area contributed by atoms with Crippen molar-refractivity contribution in [1.29, 1.82) is 0 Å². The zero-order chi connectivity index (χ0) is 16.7. The van der Waals surface area contributed by atoms with Crippen molar-refractivity contribution in [3.05, 3.63) is 46.9 Å². The van der Waals surface area contributed by atoms with Crippen molar-refractivity contribution in [3.63, 3.8) is 0 Å². The van der Waals surface area contributed by atoms with Crippen LogP contribution >= 0.6 is 0 Å². The SMILES string of the molecule is COc1cc2c(cc1OC)C1CCCCC1N=C2c1occc1C. The number of hydrogen-bond acceptors (Lipinski definition) is 4. The lowest BCUT2D eigenvalue weighted by Gasteiger charge is -2.35. The summed E-state index contributed by atoms with van der Waals surface area (Å²) < 4.78 is 16.8. The molecule has 2 heterocycles. The van der Waals surface area contributed by atoms with E-state index in [1.165, 1.54) is 24.8 Å². The first-order valence-electron chi connectivity index (χ1n) is 8.61. The van der Waals surface area contributed by atoms with Gasteiger partial charge in [0.15, 0.2) is 17.3 Å². The normalized spacial score (nSPS) is 22.4. The monoisotopic (exact) mass is 325 g/mol. The largest absolute Gasteiger partial charge is 0.493 e. The molecule has 126 valence electrons. The van der Waals surface area contributed by atoms with Gasteiger partial charge in [-0.25, -0.2) is 0 Å². The van der Waals surface area contributed by atoms with Crippen molar-refractivity contribution < 1.29 is 13.9 Å². The lowest BCUT2D eigenvalue weighted by Crippen LogP contribution is -2.29. The number of aryl methyl sites for hydroxylation is 1. The number of benzene rings is 1. The number of nitrogens with zero attached hydrogens (tertiary/aromatic N) is 1. The Morgan fingerprint density at radius 1 is 1.08 bits per heavy atom. The minimum atomic E-state index is 0.337. The second kappa shape index (κ2) is 6.00. The lowest BCUT2D eigenvalue weighted by molar-refractivity contribution is 0.349. The van der Waals surface area contributed by atoms with E-state index in [0.29, 0.717) is 12.0 Å². The van der Waals surface area contributed by atoms with Gasteiger partial charge in [-0.1, -0.05) is 12.8 Å².